The van der Waals surface area contributed by atoms with Crippen LogP contribution in [0.5, 0.6) is 0 Å². The number of rotatable bonds is 4. The second-order valence-corrected chi connectivity index (χ2v) is 5.90. The zero-order valence-electron chi connectivity index (χ0n) is 11.6. The zero-order chi connectivity index (χ0) is 13.8. The van der Waals surface area contributed by atoms with Crippen molar-refractivity contribution in [2.45, 2.75) is 31.4 Å². The van der Waals surface area contributed by atoms with Crippen LogP contribution in [0, 0.1) is 20.8 Å². The van der Waals surface area contributed by atoms with Crippen LogP contribution in [0.2, 0.25) is 0 Å². The molecule has 0 heterocycles. The van der Waals surface area contributed by atoms with E-state index in [9.17, 15) is 4.79 Å². The first-order valence-electron chi connectivity index (χ1n) is 6.35. The van der Waals surface area contributed by atoms with E-state index in [0.717, 1.165) is 23.2 Å². The van der Waals surface area contributed by atoms with Crippen molar-refractivity contribution in [3.63, 3.8) is 0 Å². The number of aryl methyl sites for hydroxylation is 3. The van der Waals surface area contributed by atoms with Crippen molar-refractivity contribution < 1.29 is 4.79 Å². The third-order valence-electron chi connectivity index (χ3n) is 3.27. The number of aldehydes is 1. The third kappa shape index (κ3) is 3.48. The highest BCUT2D eigenvalue weighted by atomic mass is 32.2. The van der Waals surface area contributed by atoms with Crippen LogP contribution in [0.15, 0.2) is 41.3 Å². The lowest BCUT2D eigenvalue weighted by Gasteiger charge is -2.09. The first kappa shape index (κ1) is 13.9. The van der Waals surface area contributed by atoms with Gasteiger partial charge in [-0.2, -0.15) is 0 Å². The maximum absolute atomic E-state index is 11.0. The van der Waals surface area contributed by atoms with Crippen molar-refractivity contribution in [1.29, 1.82) is 0 Å². The maximum atomic E-state index is 11.0. The van der Waals surface area contributed by atoms with Gasteiger partial charge >= 0.3 is 0 Å². The summed E-state index contributed by atoms with van der Waals surface area (Å²) in [6, 6.07) is 12.6. The minimum absolute atomic E-state index is 0.796. The predicted octanol–water partition coefficient (Wildman–Crippen LogP) is 4.72. The van der Waals surface area contributed by atoms with Crippen LogP contribution in [-0.2, 0) is 5.75 Å². The molecule has 0 N–H and O–H groups in total. The summed E-state index contributed by atoms with van der Waals surface area (Å²) in [5, 5.41) is 0. The number of thioether (sulfide) groups is 1. The fourth-order valence-corrected chi connectivity index (χ4v) is 2.96. The number of carbonyl (C=O) groups excluding carboxylic acids is 1. The molecule has 0 aliphatic heterocycles. The van der Waals surface area contributed by atoms with Crippen molar-refractivity contribution in [2.24, 2.45) is 0 Å². The molecule has 0 fully saturated rings. The Bertz CT molecular complexity index is 585. The molecule has 2 aromatic rings. The molecule has 98 valence electrons. The van der Waals surface area contributed by atoms with Crippen LogP contribution < -0.4 is 0 Å². The monoisotopic (exact) mass is 270 g/mol. The summed E-state index contributed by atoms with van der Waals surface area (Å²) in [7, 11) is 0. The van der Waals surface area contributed by atoms with Gasteiger partial charge in [-0.1, -0.05) is 23.8 Å². The summed E-state index contributed by atoms with van der Waals surface area (Å²) in [6.45, 7) is 6.18. The maximum Gasteiger partial charge on any atom is 0.150 e. The van der Waals surface area contributed by atoms with E-state index in [1.807, 2.05) is 13.0 Å². The van der Waals surface area contributed by atoms with Gasteiger partial charge in [-0.3, -0.25) is 4.79 Å². The van der Waals surface area contributed by atoms with Crippen molar-refractivity contribution >= 4 is 18.0 Å². The van der Waals surface area contributed by atoms with Gasteiger partial charge in [-0.05, 0) is 55.7 Å². The standard InChI is InChI=1S/C17H18OS/c1-12-4-6-17(7-5-12)19-11-16-9-15(10-18)13(2)8-14(16)3/h4-10H,11H2,1-3H3. The Morgan fingerprint density at radius 3 is 2.32 bits per heavy atom. The van der Waals surface area contributed by atoms with E-state index in [1.165, 1.54) is 21.6 Å². The van der Waals surface area contributed by atoms with Crippen LogP contribution in [0.25, 0.3) is 0 Å². The highest BCUT2D eigenvalue weighted by Gasteiger charge is 2.05. The van der Waals surface area contributed by atoms with Crippen LogP contribution in [0.1, 0.15) is 32.6 Å². The zero-order valence-corrected chi connectivity index (χ0v) is 12.4. The molecule has 0 unspecified atom stereocenters. The van der Waals surface area contributed by atoms with E-state index in [2.05, 4.69) is 44.2 Å². The minimum atomic E-state index is 0.796. The Balaban J connectivity index is 2.15. The molecule has 2 heteroatoms. The Morgan fingerprint density at radius 1 is 1.00 bits per heavy atom. The lowest BCUT2D eigenvalue weighted by molar-refractivity contribution is 0.112. The molecule has 19 heavy (non-hydrogen) atoms. The van der Waals surface area contributed by atoms with E-state index in [0.29, 0.717) is 0 Å². The highest BCUT2D eigenvalue weighted by molar-refractivity contribution is 7.98. The van der Waals surface area contributed by atoms with Gasteiger partial charge in [-0.15, -0.1) is 11.8 Å². The molecule has 0 atom stereocenters. The molecule has 0 spiro atoms. The fraction of sp³-hybridized carbons (Fsp3) is 0.235. The number of carbonyl (C=O) groups is 1. The fourth-order valence-electron chi connectivity index (χ4n) is 1.99. The Morgan fingerprint density at radius 2 is 1.68 bits per heavy atom. The first-order valence-corrected chi connectivity index (χ1v) is 7.33. The van der Waals surface area contributed by atoms with Crippen molar-refractivity contribution in [3.05, 3.63) is 64.2 Å². The summed E-state index contributed by atoms with van der Waals surface area (Å²) < 4.78 is 0. The van der Waals surface area contributed by atoms with E-state index >= 15 is 0 Å². The van der Waals surface area contributed by atoms with Gasteiger partial charge in [0.25, 0.3) is 0 Å². The summed E-state index contributed by atoms with van der Waals surface area (Å²) in [6.07, 6.45) is 0.939. The summed E-state index contributed by atoms with van der Waals surface area (Å²) in [5.74, 6) is 0.899. The lowest BCUT2D eigenvalue weighted by Crippen LogP contribution is -1.94. The van der Waals surface area contributed by atoms with Gasteiger partial charge in [0, 0.05) is 16.2 Å². The molecular weight excluding hydrogens is 252 g/mol. The Labute approximate surface area is 119 Å². The molecule has 2 rings (SSSR count). The minimum Gasteiger partial charge on any atom is -0.298 e. The predicted molar refractivity (Wildman–Crippen MR) is 82.0 cm³/mol. The van der Waals surface area contributed by atoms with E-state index < -0.39 is 0 Å². The molecule has 0 amide bonds. The van der Waals surface area contributed by atoms with Gasteiger partial charge in [0.05, 0.1) is 0 Å². The molecule has 0 saturated heterocycles. The van der Waals surface area contributed by atoms with Crippen LogP contribution >= 0.6 is 11.8 Å². The topological polar surface area (TPSA) is 17.1 Å². The third-order valence-corrected chi connectivity index (χ3v) is 4.33. The molecule has 0 radical (unpaired) electrons. The van der Waals surface area contributed by atoms with E-state index in [1.54, 1.807) is 11.8 Å². The summed E-state index contributed by atoms with van der Waals surface area (Å²) in [4.78, 5) is 12.3. The highest BCUT2D eigenvalue weighted by Crippen LogP contribution is 2.26. The van der Waals surface area contributed by atoms with E-state index in [4.69, 9.17) is 0 Å². The summed E-state index contributed by atoms with van der Waals surface area (Å²) >= 11 is 1.81. The lowest BCUT2D eigenvalue weighted by atomic mass is 10.0. The molecule has 2 aromatic carbocycles. The number of hydrogen-bond donors (Lipinski definition) is 0. The van der Waals surface area contributed by atoms with Gasteiger partial charge in [0.2, 0.25) is 0 Å². The Hall–Kier alpha value is -1.54. The average molecular weight is 270 g/mol. The quantitative estimate of drug-likeness (QED) is 0.591. The smallest absolute Gasteiger partial charge is 0.150 e. The molecule has 1 nitrogen and oxygen atoms in total. The SMILES string of the molecule is Cc1ccc(SCc2cc(C=O)c(C)cc2C)cc1. The molecule has 0 aliphatic carbocycles. The second-order valence-electron chi connectivity index (χ2n) is 4.85. The van der Waals surface area contributed by atoms with E-state index in [-0.39, 0.29) is 0 Å². The van der Waals surface area contributed by atoms with Gasteiger partial charge in [0.15, 0.2) is 0 Å². The second kappa shape index (κ2) is 6.07. The average Bonchev–Trinajstić information content (AvgIpc) is 2.40. The molecule has 0 saturated carbocycles. The van der Waals surface area contributed by atoms with Crippen LogP contribution in [0.4, 0.5) is 0 Å². The van der Waals surface area contributed by atoms with Gasteiger partial charge in [0.1, 0.15) is 6.29 Å². The number of benzene rings is 2. The van der Waals surface area contributed by atoms with Gasteiger partial charge in [-0.25, -0.2) is 0 Å². The number of hydrogen-bond acceptors (Lipinski definition) is 2. The van der Waals surface area contributed by atoms with Crippen molar-refractivity contribution in [2.75, 3.05) is 0 Å². The molecule has 0 bridgehead atoms. The molecule has 0 aromatic heterocycles. The molecule has 0 aliphatic rings. The van der Waals surface area contributed by atoms with Crippen LogP contribution in [0.3, 0.4) is 0 Å². The van der Waals surface area contributed by atoms with Crippen LogP contribution in [-0.4, -0.2) is 6.29 Å². The normalized spacial score (nSPS) is 10.5. The largest absolute Gasteiger partial charge is 0.298 e. The van der Waals surface area contributed by atoms with Gasteiger partial charge < -0.3 is 0 Å². The van der Waals surface area contributed by atoms with Crippen molar-refractivity contribution in [1.82, 2.24) is 0 Å². The summed E-state index contributed by atoms with van der Waals surface area (Å²) in [5.41, 5.74) is 5.61. The van der Waals surface area contributed by atoms with Crippen molar-refractivity contribution in [3.8, 4) is 0 Å². The first-order chi connectivity index (χ1) is 9.10. The Kier molecular flexibility index (Phi) is 4.43. The molecular formula is C17H18OS.